The molecule has 1 aliphatic carbocycles. The number of aliphatic carboxylic acids is 1. The molecule has 0 amide bonds. The van der Waals surface area contributed by atoms with Crippen LogP contribution in [0, 0.1) is 5.92 Å². The molecule has 2 atom stereocenters. The van der Waals surface area contributed by atoms with Crippen molar-refractivity contribution in [3.8, 4) is 0 Å². The van der Waals surface area contributed by atoms with Crippen LogP contribution in [0.5, 0.6) is 0 Å². The van der Waals surface area contributed by atoms with Gasteiger partial charge in [0.25, 0.3) is 0 Å². The minimum Gasteiger partial charge on any atom is -0.481 e. The molecule has 3 nitrogen and oxygen atoms in total. The highest BCUT2D eigenvalue weighted by Crippen LogP contribution is 2.29. The van der Waals surface area contributed by atoms with E-state index in [9.17, 15) is 4.79 Å². The Morgan fingerprint density at radius 3 is 2.89 bits per heavy atom. The van der Waals surface area contributed by atoms with Crippen LogP contribution in [0.4, 0.5) is 5.69 Å². The smallest absolute Gasteiger partial charge is 0.306 e. The van der Waals surface area contributed by atoms with Crippen LogP contribution in [-0.2, 0) is 4.79 Å². The number of carboxylic acid groups (broad SMARTS) is 1. The van der Waals surface area contributed by atoms with Crippen LogP contribution in [-0.4, -0.2) is 17.1 Å². The molecule has 2 rings (SSSR count). The maximum Gasteiger partial charge on any atom is 0.306 e. The third-order valence-electron chi connectivity index (χ3n) is 3.31. The predicted molar refractivity (Wildman–Crippen MR) is 76.2 cm³/mol. The van der Waals surface area contributed by atoms with Crippen molar-refractivity contribution in [2.24, 2.45) is 5.92 Å². The molecule has 1 fully saturated rings. The van der Waals surface area contributed by atoms with E-state index in [1.54, 1.807) is 0 Å². The second kappa shape index (κ2) is 5.93. The van der Waals surface area contributed by atoms with E-state index in [4.69, 9.17) is 16.7 Å². The first kappa shape index (κ1) is 13.7. The quantitative estimate of drug-likeness (QED) is 0.874. The maximum absolute atomic E-state index is 11.0. The van der Waals surface area contributed by atoms with E-state index < -0.39 is 5.97 Å². The Morgan fingerprint density at radius 1 is 1.44 bits per heavy atom. The number of anilines is 1. The first-order valence-corrected chi connectivity index (χ1v) is 7.18. The Balaban J connectivity index is 2.00. The molecule has 0 aromatic heterocycles. The average Bonchev–Trinajstić information content (AvgIpc) is 2.34. The molecule has 0 radical (unpaired) electrons. The fourth-order valence-corrected chi connectivity index (χ4v) is 2.79. The summed E-state index contributed by atoms with van der Waals surface area (Å²) in [5.41, 5.74) is 0.944. The lowest BCUT2D eigenvalue weighted by molar-refractivity contribution is -0.142. The van der Waals surface area contributed by atoms with Crippen LogP contribution < -0.4 is 5.32 Å². The lowest BCUT2D eigenvalue weighted by Crippen LogP contribution is -2.30. The summed E-state index contributed by atoms with van der Waals surface area (Å²) in [6.45, 7) is 0. The van der Waals surface area contributed by atoms with E-state index in [1.165, 1.54) is 0 Å². The van der Waals surface area contributed by atoms with E-state index in [0.29, 0.717) is 11.4 Å². The molecule has 2 unspecified atom stereocenters. The normalized spacial score (nSPS) is 23.7. The summed E-state index contributed by atoms with van der Waals surface area (Å²) < 4.78 is 0.863. The van der Waals surface area contributed by atoms with Crippen molar-refractivity contribution in [1.29, 1.82) is 0 Å². The van der Waals surface area contributed by atoms with Crippen molar-refractivity contribution in [1.82, 2.24) is 0 Å². The largest absolute Gasteiger partial charge is 0.481 e. The minimum atomic E-state index is -0.685. The van der Waals surface area contributed by atoms with Gasteiger partial charge in [-0.3, -0.25) is 4.79 Å². The van der Waals surface area contributed by atoms with Gasteiger partial charge in [0, 0.05) is 16.2 Å². The summed E-state index contributed by atoms with van der Waals surface area (Å²) in [6, 6.07) is 5.91. The fourth-order valence-electron chi connectivity index (χ4n) is 2.37. The molecule has 0 saturated heterocycles. The number of carboxylic acids is 1. The second-order valence-electron chi connectivity index (χ2n) is 4.67. The van der Waals surface area contributed by atoms with Crippen molar-refractivity contribution in [2.75, 3.05) is 5.32 Å². The number of nitrogens with one attached hydrogen (secondary N) is 1. The van der Waals surface area contributed by atoms with Crippen LogP contribution in [0.3, 0.4) is 0 Å². The van der Waals surface area contributed by atoms with Gasteiger partial charge in [-0.2, -0.15) is 0 Å². The van der Waals surface area contributed by atoms with Crippen LogP contribution in [0.25, 0.3) is 0 Å². The van der Waals surface area contributed by atoms with Crippen molar-refractivity contribution in [3.63, 3.8) is 0 Å². The van der Waals surface area contributed by atoms with Gasteiger partial charge < -0.3 is 10.4 Å². The van der Waals surface area contributed by atoms with Crippen molar-refractivity contribution < 1.29 is 9.90 Å². The highest BCUT2D eigenvalue weighted by molar-refractivity contribution is 9.10. The summed E-state index contributed by atoms with van der Waals surface area (Å²) in [4.78, 5) is 11.0. The zero-order valence-electron chi connectivity index (χ0n) is 9.83. The van der Waals surface area contributed by atoms with Crippen LogP contribution in [0.2, 0.25) is 5.02 Å². The predicted octanol–water partition coefficient (Wildman–Crippen LogP) is 4.16. The van der Waals surface area contributed by atoms with E-state index >= 15 is 0 Å². The third-order valence-corrected chi connectivity index (χ3v) is 4.55. The molecule has 1 aromatic rings. The molecular formula is C13H15BrClNO2. The molecule has 1 saturated carbocycles. The molecule has 1 aromatic carbocycles. The van der Waals surface area contributed by atoms with Gasteiger partial charge in [0.1, 0.15) is 0 Å². The molecule has 18 heavy (non-hydrogen) atoms. The van der Waals surface area contributed by atoms with Gasteiger partial charge in [0.15, 0.2) is 0 Å². The molecule has 0 spiro atoms. The highest BCUT2D eigenvalue weighted by Gasteiger charge is 2.26. The summed E-state index contributed by atoms with van der Waals surface area (Å²) >= 11 is 9.38. The Hall–Kier alpha value is -0.740. The van der Waals surface area contributed by atoms with Gasteiger partial charge in [0.05, 0.1) is 10.9 Å². The van der Waals surface area contributed by atoms with Crippen molar-refractivity contribution in [2.45, 2.75) is 31.7 Å². The fraction of sp³-hybridized carbons (Fsp3) is 0.462. The summed E-state index contributed by atoms with van der Waals surface area (Å²) in [7, 11) is 0. The zero-order chi connectivity index (χ0) is 13.1. The molecule has 2 N–H and O–H groups in total. The number of carbonyl (C=O) groups is 1. The van der Waals surface area contributed by atoms with E-state index in [1.807, 2.05) is 18.2 Å². The first-order chi connectivity index (χ1) is 8.56. The molecule has 0 heterocycles. The number of rotatable bonds is 3. The lowest BCUT2D eigenvalue weighted by atomic mass is 9.85. The van der Waals surface area contributed by atoms with Gasteiger partial charge in [-0.05, 0) is 53.4 Å². The van der Waals surface area contributed by atoms with Crippen LogP contribution in [0.15, 0.2) is 22.7 Å². The van der Waals surface area contributed by atoms with E-state index in [-0.39, 0.29) is 12.0 Å². The molecule has 5 heteroatoms. The summed E-state index contributed by atoms with van der Waals surface area (Å²) in [5.74, 6) is -0.905. The SMILES string of the molecule is O=C(O)C1CCCC(Nc2ccc(Br)c(Cl)c2)C1. The highest BCUT2D eigenvalue weighted by atomic mass is 79.9. The van der Waals surface area contributed by atoms with E-state index in [0.717, 1.165) is 29.4 Å². The molecule has 0 aliphatic heterocycles. The molecule has 98 valence electrons. The third kappa shape index (κ3) is 3.39. The Kier molecular flexibility index (Phi) is 4.51. The zero-order valence-corrected chi connectivity index (χ0v) is 12.2. The van der Waals surface area contributed by atoms with Gasteiger partial charge in [0.2, 0.25) is 0 Å². The Bertz CT molecular complexity index is 453. The summed E-state index contributed by atoms with van der Waals surface area (Å²) in [6.07, 6.45) is 3.44. The van der Waals surface area contributed by atoms with Crippen molar-refractivity contribution in [3.05, 3.63) is 27.7 Å². The Morgan fingerprint density at radius 2 is 2.22 bits per heavy atom. The topological polar surface area (TPSA) is 49.3 Å². The molecular weight excluding hydrogens is 318 g/mol. The van der Waals surface area contributed by atoms with Gasteiger partial charge in [-0.1, -0.05) is 18.0 Å². The van der Waals surface area contributed by atoms with E-state index in [2.05, 4.69) is 21.2 Å². The van der Waals surface area contributed by atoms with Gasteiger partial charge in [-0.25, -0.2) is 0 Å². The van der Waals surface area contributed by atoms with Crippen LogP contribution in [0.1, 0.15) is 25.7 Å². The standard InChI is InChI=1S/C13H15BrClNO2/c14-11-5-4-10(7-12(11)15)16-9-3-1-2-8(6-9)13(17)18/h4-5,7-9,16H,1-3,6H2,(H,17,18). The summed E-state index contributed by atoms with van der Waals surface area (Å²) in [5, 5.41) is 13.1. The monoisotopic (exact) mass is 331 g/mol. The minimum absolute atomic E-state index is 0.220. The average molecular weight is 333 g/mol. The van der Waals surface area contributed by atoms with Crippen molar-refractivity contribution >= 4 is 39.2 Å². The molecule has 1 aliphatic rings. The lowest BCUT2D eigenvalue weighted by Gasteiger charge is -2.28. The number of hydrogen-bond donors (Lipinski definition) is 2. The second-order valence-corrected chi connectivity index (χ2v) is 5.93. The first-order valence-electron chi connectivity index (χ1n) is 6.00. The Labute approximate surface area is 120 Å². The van der Waals surface area contributed by atoms with Gasteiger partial charge in [-0.15, -0.1) is 0 Å². The number of benzene rings is 1. The number of halogens is 2. The maximum atomic E-state index is 11.0. The number of hydrogen-bond acceptors (Lipinski definition) is 2. The molecule has 0 bridgehead atoms. The van der Waals surface area contributed by atoms with Gasteiger partial charge >= 0.3 is 5.97 Å². The van der Waals surface area contributed by atoms with Crippen LogP contribution >= 0.6 is 27.5 Å².